The van der Waals surface area contributed by atoms with Gasteiger partial charge in [-0.05, 0) is 12.1 Å². The lowest BCUT2D eigenvalue weighted by Crippen LogP contribution is -1.94. The standard InChI is InChI=1S/C14H11NO4S/c16-6-2-3-11-7-14(20-10-11)9-19-13-5-1-4-12(8-13)15(17)18/h1,4-5,7-8,10,16H,6,9H2. The first-order valence-corrected chi connectivity index (χ1v) is 6.61. The maximum absolute atomic E-state index is 10.6. The summed E-state index contributed by atoms with van der Waals surface area (Å²) in [5, 5.41) is 21.1. The largest absolute Gasteiger partial charge is 0.488 e. The van der Waals surface area contributed by atoms with Crippen LogP contribution in [0.5, 0.6) is 5.75 Å². The zero-order valence-corrected chi connectivity index (χ0v) is 11.2. The number of benzene rings is 1. The van der Waals surface area contributed by atoms with Gasteiger partial charge >= 0.3 is 0 Å². The molecule has 0 amide bonds. The van der Waals surface area contributed by atoms with Gasteiger partial charge in [0.2, 0.25) is 0 Å². The molecule has 1 N–H and O–H groups in total. The first kappa shape index (κ1) is 14.1. The summed E-state index contributed by atoms with van der Waals surface area (Å²) in [6, 6.07) is 7.93. The Morgan fingerprint density at radius 1 is 1.40 bits per heavy atom. The van der Waals surface area contributed by atoms with Crippen LogP contribution in [0.1, 0.15) is 10.4 Å². The van der Waals surface area contributed by atoms with Gasteiger partial charge in [0.05, 0.1) is 11.0 Å². The molecule has 0 bridgehead atoms. The number of aliphatic hydroxyl groups is 1. The van der Waals surface area contributed by atoms with E-state index in [1.807, 2.05) is 11.4 Å². The van der Waals surface area contributed by atoms with Crippen molar-refractivity contribution in [2.75, 3.05) is 6.61 Å². The average Bonchev–Trinajstić information content (AvgIpc) is 2.91. The molecule has 2 rings (SSSR count). The van der Waals surface area contributed by atoms with Crippen LogP contribution >= 0.6 is 11.3 Å². The van der Waals surface area contributed by atoms with Crippen molar-refractivity contribution in [2.24, 2.45) is 0 Å². The summed E-state index contributed by atoms with van der Waals surface area (Å²) in [7, 11) is 0. The van der Waals surface area contributed by atoms with Crippen LogP contribution in [0.15, 0.2) is 35.7 Å². The minimum absolute atomic E-state index is 0.00295. The van der Waals surface area contributed by atoms with Crippen molar-refractivity contribution in [1.82, 2.24) is 0 Å². The molecular weight excluding hydrogens is 278 g/mol. The number of nitrogens with zero attached hydrogens (tertiary/aromatic N) is 1. The van der Waals surface area contributed by atoms with E-state index in [9.17, 15) is 10.1 Å². The van der Waals surface area contributed by atoms with Crippen molar-refractivity contribution in [3.63, 3.8) is 0 Å². The highest BCUT2D eigenvalue weighted by atomic mass is 32.1. The van der Waals surface area contributed by atoms with E-state index in [1.54, 1.807) is 12.1 Å². The second-order valence-electron chi connectivity index (χ2n) is 3.80. The fourth-order valence-corrected chi connectivity index (χ4v) is 2.23. The van der Waals surface area contributed by atoms with E-state index >= 15 is 0 Å². The van der Waals surface area contributed by atoms with Gasteiger partial charge in [-0.3, -0.25) is 10.1 Å². The molecule has 0 spiro atoms. The molecule has 1 aromatic carbocycles. The second-order valence-corrected chi connectivity index (χ2v) is 4.80. The zero-order valence-electron chi connectivity index (χ0n) is 10.4. The molecule has 0 saturated carbocycles. The van der Waals surface area contributed by atoms with E-state index in [4.69, 9.17) is 9.84 Å². The minimum atomic E-state index is -0.458. The zero-order chi connectivity index (χ0) is 14.4. The van der Waals surface area contributed by atoms with E-state index in [0.29, 0.717) is 12.4 Å². The van der Waals surface area contributed by atoms with Crippen molar-refractivity contribution >= 4 is 17.0 Å². The molecule has 0 aliphatic rings. The molecule has 0 fully saturated rings. The first-order chi connectivity index (χ1) is 9.69. The fourth-order valence-electron chi connectivity index (χ4n) is 1.50. The molecule has 0 radical (unpaired) electrons. The third-order valence-corrected chi connectivity index (χ3v) is 3.29. The number of ether oxygens (including phenoxy) is 1. The van der Waals surface area contributed by atoms with Crippen molar-refractivity contribution in [3.05, 3.63) is 56.3 Å². The summed E-state index contributed by atoms with van der Waals surface area (Å²) >= 11 is 1.49. The molecular formula is C14H11NO4S. The van der Waals surface area contributed by atoms with E-state index in [2.05, 4.69) is 11.8 Å². The summed E-state index contributed by atoms with van der Waals surface area (Å²) in [5.41, 5.74) is 0.824. The van der Waals surface area contributed by atoms with Crippen LogP contribution in [0, 0.1) is 22.0 Å². The Morgan fingerprint density at radius 2 is 2.25 bits per heavy atom. The molecule has 6 heteroatoms. The molecule has 0 unspecified atom stereocenters. The maximum Gasteiger partial charge on any atom is 0.273 e. The average molecular weight is 289 g/mol. The van der Waals surface area contributed by atoms with E-state index in [0.717, 1.165) is 10.4 Å². The Hall–Kier alpha value is -2.36. The van der Waals surface area contributed by atoms with E-state index < -0.39 is 4.92 Å². The van der Waals surface area contributed by atoms with Crippen molar-refractivity contribution in [2.45, 2.75) is 6.61 Å². The summed E-state index contributed by atoms with van der Waals surface area (Å²) in [6.45, 7) is 0.155. The lowest BCUT2D eigenvalue weighted by molar-refractivity contribution is -0.384. The fraction of sp³-hybridized carbons (Fsp3) is 0.143. The number of rotatable bonds is 4. The van der Waals surface area contributed by atoms with Crippen molar-refractivity contribution in [3.8, 4) is 17.6 Å². The lowest BCUT2D eigenvalue weighted by Gasteiger charge is -2.03. The molecule has 0 aliphatic heterocycles. The Balaban J connectivity index is 2.00. The van der Waals surface area contributed by atoms with Gasteiger partial charge in [0.1, 0.15) is 19.0 Å². The summed E-state index contributed by atoms with van der Waals surface area (Å²) in [6.07, 6.45) is 0. The number of nitro benzene ring substituents is 1. The van der Waals surface area contributed by atoms with Crippen LogP contribution in [0.2, 0.25) is 0 Å². The number of thiophene rings is 1. The molecule has 5 nitrogen and oxygen atoms in total. The number of nitro groups is 1. The number of aliphatic hydroxyl groups excluding tert-OH is 1. The number of non-ortho nitro benzene ring substituents is 1. The smallest absolute Gasteiger partial charge is 0.273 e. The normalized spacial score (nSPS) is 9.65. The Kier molecular flexibility index (Phi) is 4.71. The van der Waals surface area contributed by atoms with E-state index in [-0.39, 0.29) is 12.3 Å². The quantitative estimate of drug-likeness (QED) is 0.533. The van der Waals surface area contributed by atoms with Gasteiger partial charge in [0.25, 0.3) is 5.69 Å². The summed E-state index contributed by atoms with van der Waals surface area (Å²) in [4.78, 5) is 11.1. The van der Waals surface area contributed by atoms with Crippen LogP contribution in [0.4, 0.5) is 5.69 Å². The van der Waals surface area contributed by atoms with Crippen LogP contribution in [-0.4, -0.2) is 16.6 Å². The molecule has 102 valence electrons. The van der Waals surface area contributed by atoms with Gasteiger partial charge in [0, 0.05) is 21.9 Å². The molecule has 0 atom stereocenters. The number of hydrogen-bond donors (Lipinski definition) is 1. The minimum Gasteiger partial charge on any atom is -0.488 e. The van der Waals surface area contributed by atoms with Crippen LogP contribution in [-0.2, 0) is 6.61 Å². The molecule has 1 aromatic heterocycles. The van der Waals surface area contributed by atoms with Gasteiger partial charge in [-0.1, -0.05) is 17.9 Å². The summed E-state index contributed by atoms with van der Waals surface area (Å²) < 4.78 is 5.51. The van der Waals surface area contributed by atoms with Crippen LogP contribution < -0.4 is 4.74 Å². The highest BCUT2D eigenvalue weighted by Crippen LogP contribution is 2.21. The predicted octanol–water partition coefficient (Wildman–Crippen LogP) is 2.58. The predicted molar refractivity (Wildman–Crippen MR) is 75.7 cm³/mol. The Labute approximate surface area is 119 Å². The van der Waals surface area contributed by atoms with Gasteiger partial charge in [-0.2, -0.15) is 0 Å². The highest BCUT2D eigenvalue weighted by molar-refractivity contribution is 7.10. The van der Waals surface area contributed by atoms with Crippen LogP contribution in [0.25, 0.3) is 0 Å². The van der Waals surface area contributed by atoms with Gasteiger partial charge in [0.15, 0.2) is 0 Å². The molecule has 2 aromatic rings. The van der Waals surface area contributed by atoms with Gasteiger partial charge in [-0.25, -0.2) is 0 Å². The highest BCUT2D eigenvalue weighted by Gasteiger charge is 2.06. The topological polar surface area (TPSA) is 72.6 Å². The number of hydrogen-bond acceptors (Lipinski definition) is 5. The third kappa shape index (κ3) is 3.82. The molecule has 0 aliphatic carbocycles. The third-order valence-electron chi connectivity index (χ3n) is 2.38. The van der Waals surface area contributed by atoms with Crippen LogP contribution in [0.3, 0.4) is 0 Å². The van der Waals surface area contributed by atoms with Crippen molar-refractivity contribution < 1.29 is 14.8 Å². The SMILES string of the molecule is O=[N+]([O-])c1cccc(OCc2cc(C#CCO)cs2)c1. The van der Waals surface area contributed by atoms with Crippen molar-refractivity contribution in [1.29, 1.82) is 0 Å². The summed E-state index contributed by atoms with van der Waals surface area (Å²) in [5.74, 6) is 5.82. The lowest BCUT2D eigenvalue weighted by atomic mass is 10.3. The Morgan fingerprint density at radius 3 is 3.00 bits per heavy atom. The maximum atomic E-state index is 10.6. The van der Waals surface area contributed by atoms with E-state index in [1.165, 1.54) is 23.5 Å². The Bertz CT molecular complexity index is 669. The molecule has 1 heterocycles. The first-order valence-electron chi connectivity index (χ1n) is 5.73. The monoisotopic (exact) mass is 289 g/mol. The molecule has 0 saturated heterocycles. The molecule has 20 heavy (non-hydrogen) atoms. The van der Waals surface area contributed by atoms with Gasteiger partial charge < -0.3 is 9.84 Å². The van der Waals surface area contributed by atoms with Gasteiger partial charge in [-0.15, -0.1) is 11.3 Å². The second kappa shape index (κ2) is 6.70.